The molecular formula is C10H15N5S. The summed E-state index contributed by atoms with van der Waals surface area (Å²) >= 11 is 1.59. The van der Waals surface area contributed by atoms with Crippen LogP contribution in [-0.4, -0.2) is 26.4 Å². The van der Waals surface area contributed by atoms with Crippen LogP contribution in [0.15, 0.2) is 11.6 Å². The van der Waals surface area contributed by atoms with Gasteiger partial charge in [-0.05, 0) is 13.3 Å². The largest absolute Gasteiger partial charge is 0.309 e. The fraction of sp³-hybridized carbons (Fsp3) is 0.500. The summed E-state index contributed by atoms with van der Waals surface area (Å²) in [6, 6.07) is 0.525. The smallest absolute Gasteiger partial charge is 0.145 e. The Hall–Kier alpha value is -1.27. The van der Waals surface area contributed by atoms with Crippen LogP contribution in [0.3, 0.4) is 0 Å². The molecule has 0 aliphatic carbocycles. The van der Waals surface area contributed by atoms with Crippen molar-refractivity contribution >= 4 is 11.3 Å². The molecule has 0 aliphatic rings. The van der Waals surface area contributed by atoms with E-state index in [2.05, 4.69) is 44.9 Å². The third kappa shape index (κ3) is 2.65. The van der Waals surface area contributed by atoms with Crippen LogP contribution in [0.2, 0.25) is 0 Å². The topological polar surface area (TPSA) is 66.5 Å². The Morgan fingerprint density at radius 1 is 1.56 bits per heavy atom. The SMILES string of the molecule is CCC(C)NCc1csc(-c2cn[nH]n2)n1. The second-order valence-corrected chi connectivity index (χ2v) is 4.55. The molecule has 0 spiro atoms. The maximum absolute atomic E-state index is 4.49. The summed E-state index contributed by atoms with van der Waals surface area (Å²) < 4.78 is 0. The molecule has 6 heteroatoms. The second kappa shape index (κ2) is 5.18. The molecule has 1 unspecified atom stereocenters. The minimum atomic E-state index is 0.525. The summed E-state index contributed by atoms with van der Waals surface area (Å²) in [5, 5.41) is 16.7. The van der Waals surface area contributed by atoms with Gasteiger partial charge >= 0.3 is 0 Å². The van der Waals surface area contributed by atoms with Crippen LogP contribution in [0.25, 0.3) is 10.7 Å². The van der Waals surface area contributed by atoms with E-state index in [-0.39, 0.29) is 0 Å². The quantitative estimate of drug-likeness (QED) is 0.832. The van der Waals surface area contributed by atoms with E-state index in [1.807, 2.05) is 0 Å². The predicted molar refractivity (Wildman–Crippen MR) is 64.1 cm³/mol. The van der Waals surface area contributed by atoms with E-state index < -0.39 is 0 Å². The molecule has 86 valence electrons. The van der Waals surface area contributed by atoms with Crippen molar-refractivity contribution in [3.05, 3.63) is 17.3 Å². The van der Waals surface area contributed by atoms with Crippen LogP contribution in [0.4, 0.5) is 0 Å². The van der Waals surface area contributed by atoms with Crippen molar-refractivity contribution in [2.24, 2.45) is 0 Å². The molecule has 2 heterocycles. The maximum Gasteiger partial charge on any atom is 0.145 e. The summed E-state index contributed by atoms with van der Waals surface area (Å²) in [7, 11) is 0. The first-order chi connectivity index (χ1) is 7.79. The lowest BCUT2D eigenvalue weighted by atomic mass is 10.2. The maximum atomic E-state index is 4.49. The fourth-order valence-corrected chi connectivity index (χ4v) is 2.01. The van der Waals surface area contributed by atoms with Crippen LogP contribution in [0.5, 0.6) is 0 Å². The predicted octanol–water partition coefficient (Wildman–Crippen LogP) is 1.82. The molecule has 0 amide bonds. The van der Waals surface area contributed by atoms with Crippen LogP contribution >= 0.6 is 11.3 Å². The number of aromatic nitrogens is 4. The highest BCUT2D eigenvalue weighted by molar-refractivity contribution is 7.13. The highest BCUT2D eigenvalue weighted by Gasteiger charge is 2.07. The molecule has 0 bridgehead atoms. The van der Waals surface area contributed by atoms with Crippen LogP contribution in [0.1, 0.15) is 26.0 Å². The number of nitrogens with zero attached hydrogens (tertiary/aromatic N) is 3. The molecule has 5 nitrogen and oxygen atoms in total. The van der Waals surface area contributed by atoms with Crippen LogP contribution < -0.4 is 5.32 Å². The van der Waals surface area contributed by atoms with E-state index in [0.29, 0.717) is 6.04 Å². The van der Waals surface area contributed by atoms with Gasteiger partial charge in [-0.3, -0.25) is 0 Å². The van der Waals surface area contributed by atoms with Crippen molar-refractivity contribution < 1.29 is 0 Å². The third-order valence-electron chi connectivity index (χ3n) is 2.43. The highest BCUT2D eigenvalue weighted by atomic mass is 32.1. The highest BCUT2D eigenvalue weighted by Crippen LogP contribution is 2.20. The third-order valence-corrected chi connectivity index (χ3v) is 3.34. The van der Waals surface area contributed by atoms with Crippen molar-refractivity contribution in [2.75, 3.05) is 0 Å². The monoisotopic (exact) mass is 237 g/mol. The summed E-state index contributed by atoms with van der Waals surface area (Å²) in [5.41, 5.74) is 1.86. The van der Waals surface area contributed by atoms with Gasteiger partial charge < -0.3 is 5.32 Å². The van der Waals surface area contributed by atoms with Gasteiger partial charge in [0.25, 0.3) is 0 Å². The number of aromatic amines is 1. The zero-order chi connectivity index (χ0) is 11.4. The number of thiazole rings is 1. The van der Waals surface area contributed by atoms with Gasteiger partial charge in [-0.1, -0.05) is 6.92 Å². The fourth-order valence-electron chi connectivity index (χ4n) is 1.23. The van der Waals surface area contributed by atoms with E-state index in [0.717, 1.165) is 29.4 Å². The van der Waals surface area contributed by atoms with Crippen molar-refractivity contribution in [1.29, 1.82) is 0 Å². The molecular weight excluding hydrogens is 222 g/mol. The molecule has 2 aromatic heterocycles. The Bertz CT molecular complexity index is 422. The van der Waals surface area contributed by atoms with Crippen molar-refractivity contribution in [2.45, 2.75) is 32.9 Å². The van der Waals surface area contributed by atoms with E-state index in [1.54, 1.807) is 17.5 Å². The summed E-state index contributed by atoms with van der Waals surface area (Å²) in [6.07, 6.45) is 2.81. The van der Waals surface area contributed by atoms with Gasteiger partial charge in [0.15, 0.2) is 0 Å². The Morgan fingerprint density at radius 3 is 3.12 bits per heavy atom. The molecule has 0 saturated heterocycles. The zero-order valence-corrected chi connectivity index (χ0v) is 10.2. The van der Waals surface area contributed by atoms with E-state index in [1.165, 1.54) is 0 Å². The lowest BCUT2D eigenvalue weighted by molar-refractivity contribution is 0.530. The molecule has 0 aromatic carbocycles. The molecule has 0 saturated carbocycles. The number of H-pyrrole nitrogens is 1. The molecule has 0 radical (unpaired) electrons. The van der Waals surface area contributed by atoms with Gasteiger partial charge in [-0.2, -0.15) is 15.4 Å². The van der Waals surface area contributed by atoms with Crippen molar-refractivity contribution in [1.82, 2.24) is 25.7 Å². The molecule has 2 aromatic rings. The Labute approximate surface area is 98.3 Å². The summed E-state index contributed by atoms with van der Waals surface area (Å²) in [6.45, 7) is 5.15. The Kier molecular flexibility index (Phi) is 3.63. The van der Waals surface area contributed by atoms with Gasteiger partial charge in [-0.15, -0.1) is 11.3 Å². The van der Waals surface area contributed by atoms with E-state index in [4.69, 9.17) is 0 Å². The second-order valence-electron chi connectivity index (χ2n) is 3.69. The minimum Gasteiger partial charge on any atom is -0.309 e. The lowest BCUT2D eigenvalue weighted by Gasteiger charge is -2.08. The molecule has 0 aliphatic heterocycles. The van der Waals surface area contributed by atoms with Gasteiger partial charge in [0, 0.05) is 18.0 Å². The molecule has 2 rings (SSSR count). The number of hydrogen-bond acceptors (Lipinski definition) is 5. The first-order valence-corrected chi connectivity index (χ1v) is 6.21. The number of nitrogens with one attached hydrogen (secondary N) is 2. The van der Waals surface area contributed by atoms with Crippen LogP contribution in [0, 0.1) is 0 Å². The molecule has 2 N–H and O–H groups in total. The van der Waals surface area contributed by atoms with Gasteiger partial charge in [-0.25, -0.2) is 4.98 Å². The molecule has 1 atom stereocenters. The average molecular weight is 237 g/mol. The summed E-state index contributed by atoms with van der Waals surface area (Å²) in [5.74, 6) is 0. The first kappa shape index (κ1) is 11.2. The minimum absolute atomic E-state index is 0.525. The van der Waals surface area contributed by atoms with Gasteiger partial charge in [0.1, 0.15) is 10.7 Å². The van der Waals surface area contributed by atoms with Crippen LogP contribution in [-0.2, 0) is 6.54 Å². The zero-order valence-electron chi connectivity index (χ0n) is 9.40. The van der Waals surface area contributed by atoms with E-state index >= 15 is 0 Å². The van der Waals surface area contributed by atoms with Crippen molar-refractivity contribution in [3.63, 3.8) is 0 Å². The average Bonchev–Trinajstić information content (AvgIpc) is 2.95. The van der Waals surface area contributed by atoms with Gasteiger partial charge in [0.05, 0.1) is 11.9 Å². The normalized spacial score (nSPS) is 12.9. The molecule has 16 heavy (non-hydrogen) atoms. The van der Waals surface area contributed by atoms with Crippen molar-refractivity contribution in [3.8, 4) is 10.7 Å². The Morgan fingerprint density at radius 2 is 2.44 bits per heavy atom. The Balaban J connectivity index is 1.98. The first-order valence-electron chi connectivity index (χ1n) is 5.33. The number of rotatable bonds is 5. The lowest BCUT2D eigenvalue weighted by Crippen LogP contribution is -2.24. The summed E-state index contributed by atoms with van der Waals surface area (Å²) in [4.78, 5) is 4.49. The molecule has 0 fully saturated rings. The van der Waals surface area contributed by atoms with E-state index in [9.17, 15) is 0 Å². The standard InChI is InChI=1S/C10H15N5S/c1-3-7(2)11-4-8-6-16-10(13-8)9-5-12-15-14-9/h5-7,11H,3-4H2,1-2H3,(H,12,14,15). The van der Waals surface area contributed by atoms with Gasteiger partial charge in [0.2, 0.25) is 0 Å². The number of hydrogen-bond donors (Lipinski definition) is 2.